The molecule has 1 aliphatic carbocycles. The number of hydrogen-bond donors (Lipinski definition) is 1. The molecule has 0 spiro atoms. The molecular weight excluding hydrogens is 328 g/mol. The van der Waals surface area contributed by atoms with Gasteiger partial charge in [-0.2, -0.15) is 0 Å². The summed E-state index contributed by atoms with van der Waals surface area (Å²) in [7, 11) is 0. The molecule has 0 bridgehead atoms. The van der Waals surface area contributed by atoms with Crippen molar-refractivity contribution in [1.29, 1.82) is 0 Å². The van der Waals surface area contributed by atoms with E-state index in [0.29, 0.717) is 13.1 Å². The summed E-state index contributed by atoms with van der Waals surface area (Å²) < 4.78 is 0. The topological polar surface area (TPSA) is 69.9 Å². The fourth-order valence-electron chi connectivity index (χ4n) is 4.64. The summed E-state index contributed by atoms with van der Waals surface area (Å²) in [5.41, 5.74) is 6.66. The third-order valence-electron chi connectivity index (χ3n) is 6.21. The zero-order chi connectivity index (χ0) is 18.1. The van der Waals surface area contributed by atoms with E-state index in [1.54, 1.807) is 0 Å². The second-order valence-electron chi connectivity index (χ2n) is 7.82. The van der Waals surface area contributed by atoms with Crippen LogP contribution in [0.25, 0.3) is 0 Å². The summed E-state index contributed by atoms with van der Waals surface area (Å²) in [4.78, 5) is 31.7. The quantitative estimate of drug-likeness (QED) is 0.884. The van der Waals surface area contributed by atoms with Crippen LogP contribution in [0, 0.1) is 0 Å². The van der Waals surface area contributed by atoms with E-state index in [4.69, 9.17) is 5.73 Å². The first-order valence-electron chi connectivity index (χ1n) is 9.77. The number of para-hydroxylation sites is 1. The van der Waals surface area contributed by atoms with E-state index in [1.165, 1.54) is 0 Å². The molecule has 0 aromatic heterocycles. The summed E-state index contributed by atoms with van der Waals surface area (Å²) in [5.74, 6) is 0.292. The zero-order valence-electron chi connectivity index (χ0n) is 15.3. The Bertz CT molecular complexity index is 664. The second-order valence-corrected chi connectivity index (χ2v) is 7.82. The van der Waals surface area contributed by atoms with Crippen LogP contribution in [-0.4, -0.2) is 65.9 Å². The number of anilines is 1. The SMILES string of the molecule is NC1(C(=O)N2CCN(C3CCN(c4ccccc4)C3=O)CC2)CCCC1. The predicted octanol–water partition coefficient (Wildman–Crippen LogP) is 1.21. The van der Waals surface area contributed by atoms with E-state index in [9.17, 15) is 9.59 Å². The van der Waals surface area contributed by atoms with Crippen molar-refractivity contribution in [2.24, 2.45) is 5.73 Å². The van der Waals surface area contributed by atoms with Crippen LogP contribution in [-0.2, 0) is 9.59 Å². The molecule has 2 N–H and O–H groups in total. The second kappa shape index (κ2) is 7.00. The monoisotopic (exact) mass is 356 g/mol. The van der Waals surface area contributed by atoms with Crippen molar-refractivity contribution in [3.05, 3.63) is 30.3 Å². The molecule has 1 aromatic carbocycles. The molecule has 4 rings (SSSR count). The van der Waals surface area contributed by atoms with Crippen molar-refractivity contribution in [3.8, 4) is 0 Å². The Labute approximate surface area is 154 Å². The Morgan fingerprint density at radius 3 is 2.31 bits per heavy atom. The van der Waals surface area contributed by atoms with Crippen LogP contribution in [0.15, 0.2) is 30.3 Å². The van der Waals surface area contributed by atoms with Crippen molar-refractivity contribution in [2.75, 3.05) is 37.6 Å². The number of carbonyl (C=O) groups is 2. The highest BCUT2D eigenvalue weighted by Gasteiger charge is 2.42. The summed E-state index contributed by atoms with van der Waals surface area (Å²) >= 11 is 0. The lowest BCUT2D eigenvalue weighted by atomic mass is 9.96. The van der Waals surface area contributed by atoms with Gasteiger partial charge in [0.1, 0.15) is 0 Å². The van der Waals surface area contributed by atoms with Crippen LogP contribution in [0.5, 0.6) is 0 Å². The number of rotatable bonds is 3. The van der Waals surface area contributed by atoms with Crippen molar-refractivity contribution < 1.29 is 9.59 Å². The highest BCUT2D eigenvalue weighted by Crippen LogP contribution is 2.30. The van der Waals surface area contributed by atoms with Gasteiger partial charge in [-0.3, -0.25) is 14.5 Å². The standard InChI is InChI=1S/C20H28N4O2/c21-20(9-4-5-10-20)19(26)23-14-12-22(13-15-23)17-8-11-24(18(17)25)16-6-2-1-3-7-16/h1-3,6-7,17H,4-5,8-15,21H2. The Kier molecular flexibility index (Phi) is 4.71. The molecule has 1 atom stereocenters. The molecule has 6 heteroatoms. The zero-order valence-corrected chi connectivity index (χ0v) is 15.3. The van der Waals surface area contributed by atoms with E-state index < -0.39 is 5.54 Å². The van der Waals surface area contributed by atoms with Gasteiger partial charge in [0.05, 0.1) is 11.6 Å². The van der Waals surface area contributed by atoms with E-state index >= 15 is 0 Å². The minimum atomic E-state index is -0.643. The maximum Gasteiger partial charge on any atom is 0.244 e. The number of benzene rings is 1. The van der Waals surface area contributed by atoms with Crippen LogP contribution >= 0.6 is 0 Å². The largest absolute Gasteiger partial charge is 0.339 e. The van der Waals surface area contributed by atoms with Crippen LogP contribution in [0.4, 0.5) is 5.69 Å². The van der Waals surface area contributed by atoms with Crippen molar-refractivity contribution in [3.63, 3.8) is 0 Å². The highest BCUT2D eigenvalue weighted by atomic mass is 16.2. The molecule has 26 heavy (non-hydrogen) atoms. The van der Waals surface area contributed by atoms with Gasteiger partial charge in [0.15, 0.2) is 0 Å². The number of carbonyl (C=O) groups excluding carboxylic acids is 2. The number of nitrogens with two attached hydrogens (primary N) is 1. The molecule has 2 amide bonds. The molecule has 2 heterocycles. The average molecular weight is 356 g/mol. The first-order valence-corrected chi connectivity index (χ1v) is 9.77. The van der Waals surface area contributed by atoms with Gasteiger partial charge in [0.25, 0.3) is 0 Å². The first kappa shape index (κ1) is 17.5. The van der Waals surface area contributed by atoms with Gasteiger partial charge in [-0.25, -0.2) is 0 Å². The molecule has 6 nitrogen and oxygen atoms in total. The predicted molar refractivity (Wildman–Crippen MR) is 101 cm³/mol. The highest BCUT2D eigenvalue weighted by molar-refractivity contribution is 5.99. The molecule has 1 saturated carbocycles. The van der Waals surface area contributed by atoms with Gasteiger partial charge in [-0.05, 0) is 31.4 Å². The number of amides is 2. The minimum absolute atomic E-state index is 0.0641. The van der Waals surface area contributed by atoms with Crippen LogP contribution in [0.1, 0.15) is 32.1 Å². The molecule has 2 saturated heterocycles. The summed E-state index contributed by atoms with van der Waals surface area (Å²) in [6.07, 6.45) is 4.56. The van der Waals surface area contributed by atoms with Crippen molar-refractivity contribution in [2.45, 2.75) is 43.7 Å². The van der Waals surface area contributed by atoms with Crippen LogP contribution in [0.3, 0.4) is 0 Å². The van der Waals surface area contributed by atoms with Crippen molar-refractivity contribution in [1.82, 2.24) is 9.80 Å². The van der Waals surface area contributed by atoms with E-state index in [0.717, 1.165) is 57.4 Å². The maximum atomic E-state index is 12.9. The molecule has 0 radical (unpaired) electrons. The van der Waals surface area contributed by atoms with Gasteiger partial charge in [0.2, 0.25) is 11.8 Å². The summed E-state index contributed by atoms with van der Waals surface area (Å²) in [6, 6.07) is 9.80. The van der Waals surface area contributed by atoms with Gasteiger partial charge in [-0.1, -0.05) is 31.0 Å². The Morgan fingerprint density at radius 2 is 1.65 bits per heavy atom. The molecule has 3 aliphatic rings. The van der Waals surface area contributed by atoms with E-state index in [-0.39, 0.29) is 17.9 Å². The Balaban J connectivity index is 1.35. The number of hydrogen-bond acceptors (Lipinski definition) is 4. The lowest BCUT2D eigenvalue weighted by Gasteiger charge is -2.40. The Morgan fingerprint density at radius 1 is 1.00 bits per heavy atom. The summed E-state index contributed by atoms with van der Waals surface area (Å²) in [5, 5.41) is 0. The molecule has 1 unspecified atom stereocenters. The average Bonchev–Trinajstić information content (AvgIpc) is 3.29. The molecule has 3 fully saturated rings. The molecule has 2 aliphatic heterocycles. The van der Waals surface area contributed by atoms with Gasteiger partial charge in [-0.15, -0.1) is 0 Å². The first-order chi connectivity index (χ1) is 12.6. The third-order valence-corrected chi connectivity index (χ3v) is 6.21. The molecule has 140 valence electrons. The van der Waals surface area contributed by atoms with Crippen molar-refractivity contribution >= 4 is 17.5 Å². The molecule has 1 aromatic rings. The maximum absolute atomic E-state index is 12.9. The lowest BCUT2D eigenvalue weighted by Crippen LogP contribution is -2.60. The minimum Gasteiger partial charge on any atom is -0.339 e. The normalized spacial score (nSPS) is 26.5. The van der Waals surface area contributed by atoms with E-state index in [2.05, 4.69) is 4.90 Å². The van der Waals surface area contributed by atoms with Crippen LogP contribution < -0.4 is 10.6 Å². The summed E-state index contributed by atoms with van der Waals surface area (Å²) in [6.45, 7) is 3.61. The fraction of sp³-hybridized carbons (Fsp3) is 0.600. The fourth-order valence-corrected chi connectivity index (χ4v) is 4.64. The van der Waals surface area contributed by atoms with Gasteiger partial charge in [0, 0.05) is 38.4 Å². The number of piperazine rings is 1. The van der Waals surface area contributed by atoms with E-state index in [1.807, 2.05) is 40.1 Å². The Hall–Kier alpha value is -1.92. The smallest absolute Gasteiger partial charge is 0.244 e. The van der Waals surface area contributed by atoms with Gasteiger partial charge < -0.3 is 15.5 Å². The number of nitrogens with zero attached hydrogens (tertiary/aromatic N) is 3. The van der Waals surface area contributed by atoms with Gasteiger partial charge >= 0.3 is 0 Å². The van der Waals surface area contributed by atoms with Crippen LogP contribution in [0.2, 0.25) is 0 Å². The molecular formula is C20H28N4O2. The lowest BCUT2D eigenvalue weighted by molar-refractivity contribution is -0.139. The third kappa shape index (κ3) is 3.12.